The Morgan fingerprint density at radius 1 is 0.850 bits per heavy atom. The van der Waals surface area contributed by atoms with Crippen LogP contribution in [0.1, 0.15) is 21.5 Å². The summed E-state index contributed by atoms with van der Waals surface area (Å²) in [4.78, 5) is 11.9. The van der Waals surface area contributed by atoms with Crippen molar-refractivity contribution in [2.45, 2.75) is 6.92 Å². The summed E-state index contributed by atoms with van der Waals surface area (Å²) in [7, 11) is 0. The quantitative estimate of drug-likeness (QED) is 0.354. The van der Waals surface area contributed by atoms with Gasteiger partial charge in [-0.3, -0.25) is 4.79 Å². The van der Waals surface area contributed by atoms with Crippen LogP contribution in [0.15, 0.2) is 24.3 Å². The second kappa shape index (κ2) is 5.03. The highest BCUT2D eigenvalue weighted by molar-refractivity contribution is 6.09. The minimum atomic E-state index is -2.29. The molecule has 0 bridgehead atoms. The molecule has 0 saturated carbocycles. The van der Waals surface area contributed by atoms with Gasteiger partial charge in [0.25, 0.3) is 0 Å². The Balaban J connectivity index is 2.67. The lowest BCUT2D eigenvalue weighted by Gasteiger charge is -2.07. The third kappa shape index (κ3) is 2.17. The van der Waals surface area contributed by atoms with E-state index in [0.29, 0.717) is 5.56 Å². The number of carbonyl (C=O) groups is 1. The first kappa shape index (κ1) is 14.2. The van der Waals surface area contributed by atoms with Crippen molar-refractivity contribution < 1.29 is 26.7 Å². The van der Waals surface area contributed by atoms with Crippen LogP contribution in [0.25, 0.3) is 0 Å². The van der Waals surface area contributed by atoms with Crippen LogP contribution in [0.2, 0.25) is 0 Å². The molecule has 2 aromatic carbocycles. The molecule has 20 heavy (non-hydrogen) atoms. The summed E-state index contributed by atoms with van der Waals surface area (Å²) in [6, 6.07) is 5.58. The Bertz CT molecular complexity index is 680. The lowest BCUT2D eigenvalue weighted by molar-refractivity contribution is 0.102. The van der Waals surface area contributed by atoms with Gasteiger partial charge in [0.15, 0.2) is 29.1 Å². The molecule has 0 fully saturated rings. The first-order chi connectivity index (χ1) is 9.34. The van der Waals surface area contributed by atoms with Gasteiger partial charge in [-0.1, -0.05) is 23.8 Å². The van der Waals surface area contributed by atoms with Gasteiger partial charge < -0.3 is 0 Å². The molecular formula is C14H7F5O. The van der Waals surface area contributed by atoms with Gasteiger partial charge >= 0.3 is 0 Å². The van der Waals surface area contributed by atoms with Crippen molar-refractivity contribution in [3.05, 3.63) is 70.0 Å². The Morgan fingerprint density at radius 2 is 1.35 bits per heavy atom. The van der Waals surface area contributed by atoms with Gasteiger partial charge in [-0.25, -0.2) is 22.0 Å². The highest BCUT2D eigenvalue weighted by atomic mass is 19.2. The number of ketones is 1. The molecule has 6 heteroatoms. The predicted molar refractivity (Wildman–Crippen MR) is 60.8 cm³/mol. The molecule has 0 aliphatic carbocycles. The molecule has 2 rings (SSSR count). The Kier molecular flexibility index (Phi) is 3.57. The van der Waals surface area contributed by atoms with Crippen LogP contribution in [0.5, 0.6) is 0 Å². The Morgan fingerprint density at radius 3 is 1.85 bits per heavy atom. The van der Waals surface area contributed by atoms with E-state index >= 15 is 0 Å². The van der Waals surface area contributed by atoms with Gasteiger partial charge in [-0.2, -0.15) is 0 Å². The zero-order chi connectivity index (χ0) is 15.0. The second-order valence-electron chi connectivity index (χ2n) is 4.14. The maximum absolute atomic E-state index is 13.5. The third-order valence-electron chi connectivity index (χ3n) is 2.72. The number of rotatable bonds is 2. The first-order valence-electron chi connectivity index (χ1n) is 5.47. The summed E-state index contributed by atoms with van der Waals surface area (Å²) < 4.78 is 66.0. The highest BCUT2D eigenvalue weighted by Crippen LogP contribution is 2.25. The summed E-state index contributed by atoms with van der Waals surface area (Å²) in [5.41, 5.74) is -1.00. The van der Waals surface area contributed by atoms with E-state index < -0.39 is 40.4 Å². The topological polar surface area (TPSA) is 17.1 Å². The van der Waals surface area contributed by atoms with Gasteiger partial charge in [0.2, 0.25) is 5.82 Å². The smallest absolute Gasteiger partial charge is 0.200 e. The molecule has 0 atom stereocenters. The fourth-order valence-corrected chi connectivity index (χ4v) is 1.73. The number of aryl methyl sites for hydroxylation is 1. The summed E-state index contributed by atoms with van der Waals surface area (Å²) in [5, 5.41) is 0. The lowest BCUT2D eigenvalue weighted by Crippen LogP contribution is -2.13. The molecule has 104 valence electrons. The third-order valence-corrected chi connectivity index (χ3v) is 2.72. The van der Waals surface area contributed by atoms with Crippen molar-refractivity contribution in [2.24, 2.45) is 0 Å². The number of halogens is 5. The standard InChI is InChI=1S/C14H7F5O/c1-6-3-2-4-7(5-6)14(20)8-9(15)11(17)13(19)12(18)10(8)16/h2-5H,1H3. The average molecular weight is 286 g/mol. The fourth-order valence-electron chi connectivity index (χ4n) is 1.73. The SMILES string of the molecule is Cc1cccc(C(=O)c2c(F)c(F)c(F)c(F)c2F)c1. The van der Waals surface area contributed by atoms with Crippen LogP contribution < -0.4 is 0 Å². The average Bonchev–Trinajstić information content (AvgIpc) is 2.43. The summed E-state index contributed by atoms with van der Waals surface area (Å²) >= 11 is 0. The Hall–Kier alpha value is -2.24. The number of carbonyl (C=O) groups excluding carboxylic acids is 1. The van der Waals surface area contributed by atoms with Crippen molar-refractivity contribution in [3.63, 3.8) is 0 Å². The molecule has 0 aromatic heterocycles. The van der Waals surface area contributed by atoms with Gasteiger partial charge in [0.1, 0.15) is 5.56 Å². The molecule has 0 N–H and O–H groups in total. The molecule has 0 unspecified atom stereocenters. The number of benzene rings is 2. The molecule has 0 radical (unpaired) electrons. The van der Waals surface area contributed by atoms with E-state index in [1.54, 1.807) is 13.0 Å². The molecular weight excluding hydrogens is 279 g/mol. The van der Waals surface area contributed by atoms with Crippen molar-refractivity contribution in [3.8, 4) is 0 Å². The largest absolute Gasteiger partial charge is 0.288 e. The van der Waals surface area contributed by atoms with E-state index in [2.05, 4.69) is 0 Å². The summed E-state index contributed by atoms with van der Waals surface area (Å²) in [6.07, 6.45) is 0. The minimum absolute atomic E-state index is 0.159. The van der Waals surface area contributed by atoms with Crippen molar-refractivity contribution in [2.75, 3.05) is 0 Å². The van der Waals surface area contributed by atoms with Crippen LogP contribution in [0, 0.1) is 36.0 Å². The molecule has 0 amide bonds. The van der Waals surface area contributed by atoms with Crippen molar-refractivity contribution in [1.29, 1.82) is 0 Å². The Labute approximate surface area is 110 Å². The zero-order valence-electron chi connectivity index (χ0n) is 10.1. The van der Waals surface area contributed by atoms with E-state index in [-0.39, 0.29) is 5.56 Å². The van der Waals surface area contributed by atoms with E-state index in [0.717, 1.165) is 0 Å². The molecule has 1 nitrogen and oxygen atoms in total. The monoisotopic (exact) mass is 286 g/mol. The highest BCUT2D eigenvalue weighted by Gasteiger charge is 2.30. The minimum Gasteiger partial charge on any atom is -0.288 e. The molecule has 0 aliphatic heterocycles. The van der Waals surface area contributed by atoms with Crippen LogP contribution in [0.3, 0.4) is 0 Å². The lowest BCUT2D eigenvalue weighted by atomic mass is 10.00. The van der Waals surface area contributed by atoms with E-state index in [1.165, 1.54) is 18.2 Å². The second-order valence-corrected chi connectivity index (χ2v) is 4.14. The number of hydrogen-bond donors (Lipinski definition) is 0. The van der Waals surface area contributed by atoms with Gasteiger partial charge in [-0.15, -0.1) is 0 Å². The van der Waals surface area contributed by atoms with Gasteiger partial charge in [-0.05, 0) is 13.0 Å². The van der Waals surface area contributed by atoms with Crippen molar-refractivity contribution >= 4 is 5.78 Å². The van der Waals surface area contributed by atoms with Crippen LogP contribution in [-0.2, 0) is 0 Å². The maximum atomic E-state index is 13.5. The van der Waals surface area contributed by atoms with E-state index in [4.69, 9.17) is 0 Å². The summed E-state index contributed by atoms with van der Waals surface area (Å²) in [6.45, 7) is 1.62. The first-order valence-corrected chi connectivity index (χ1v) is 5.47. The fraction of sp³-hybridized carbons (Fsp3) is 0.0714. The normalized spacial score (nSPS) is 10.7. The van der Waals surface area contributed by atoms with Crippen LogP contribution >= 0.6 is 0 Å². The molecule has 2 aromatic rings. The van der Waals surface area contributed by atoms with Crippen LogP contribution in [-0.4, -0.2) is 5.78 Å². The number of hydrogen-bond acceptors (Lipinski definition) is 1. The van der Waals surface area contributed by atoms with E-state index in [1.807, 2.05) is 0 Å². The maximum Gasteiger partial charge on any atom is 0.200 e. The molecule has 0 spiro atoms. The molecule has 0 aliphatic rings. The van der Waals surface area contributed by atoms with Gasteiger partial charge in [0.05, 0.1) is 0 Å². The van der Waals surface area contributed by atoms with Crippen molar-refractivity contribution in [1.82, 2.24) is 0 Å². The zero-order valence-corrected chi connectivity index (χ0v) is 10.1. The molecule has 0 heterocycles. The summed E-state index contributed by atoms with van der Waals surface area (Å²) in [5.74, 6) is -12.1. The van der Waals surface area contributed by atoms with Crippen LogP contribution in [0.4, 0.5) is 22.0 Å². The van der Waals surface area contributed by atoms with Gasteiger partial charge in [0, 0.05) is 5.56 Å². The van der Waals surface area contributed by atoms with E-state index in [9.17, 15) is 26.7 Å². The predicted octanol–water partition coefficient (Wildman–Crippen LogP) is 3.92. The molecule has 0 saturated heterocycles.